The summed E-state index contributed by atoms with van der Waals surface area (Å²) < 4.78 is 5.92. The summed E-state index contributed by atoms with van der Waals surface area (Å²) in [6, 6.07) is 14.5. The van der Waals surface area contributed by atoms with Crippen molar-refractivity contribution in [3.8, 4) is 0 Å². The Morgan fingerprint density at radius 2 is 2.05 bits per heavy atom. The zero-order chi connectivity index (χ0) is 14.1. The normalized spacial score (nSPS) is 15.3. The number of nitrogens with one attached hydrogen (secondary N) is 1. The Balaban J connectivity index is 1.34. The molecule has 0 unspecified atom stereocenters. The number of anilines is 1. The lowest BCUT2D eigenvalue weighted by molar-refractivity contribution is 0.0224. The van der Waals surface area contributed by atoms with Crippen molar-refractivity contribution < 1.29 is 4.74 Å². The van der Waals surface area contributed by atoms with E-state index in [0.29, 0.717) is 12.7 Å². The van der Waals surface area contributed by atoms with Gasteiger partial charge in [0.25, 0.3) is 0 Å². The highest BCUT2D eigenvalue weighted by molar-refractivity contribution is 5.79. The van der Waals surface area contributed by atoms with Gasteiger partial charge in [0.05, 0.1) is 24.6 Å². The van der Waals surface area contributed by atoms with E-state index in [1.807, 2.05) is 30.6 Å². The van der Waals surface area contributed by atoms with Gasteiger partial charge < -0.3 is 14.6 Å². The minimum atomic E-state index is 0.312. The Hall–Kier alpha value is -2.33. The van der Waals surface area contributed by atoms with Crippen molar-refractivity contribution in [2.45, 2.75) is 12.7 Å². The van der Waals surface area contributed by atoms with Gasteiger partial charge in [-0.15, -0.1) is 0 Å². The Kier molecular flexibility index (Phi) is 3.09. The van der Waals surface area contributed by atoms with Crippen LogP contribution in [0.5, 0.6) is 0 Å². The van der Waals surface area contributed by atoms with Crippen molar-refractivity contribution in [3.05, 3.63) is 60.4 Å². The fraction of sp³-hybridized carbons (Fsp3) is 0.235. The second-order valence-electron chi connectivity index (χ2n) is 5.43. The topological polar surface area (TPSA) is 41.1 Å². The predicted octanol–water partition coefficient (Wildman–Crippen LogP) is 2.97. The second-order valence-corrected chi connectivity index (χ2v) is 5.43. The molecular weight excluding hydrogens is 262 g/mol. The summed E-state index contributed by atoms with van der Waals surface area (Å²) >= 11 is 0. The van der Waals surface area contributed by atoms with Crippen LogP contribution in [-0.2, 0) is 11.3 Å². The number of hydrogen-bond donors (Lipinski definition) is 1. The molecule has 3 heterocycles. The van der Waals surface area contributed by atoms with Crippen molar-refractivity contribution in [2.75, 3.05) is 18.0 Å². The highest BCUT2D eigenvalue weighted by Gasteiger charge is 2.27. The summed E-state index contributed by atoms with van der Waals surface area (Å²) in [5, 5.41) is 1.15. The molecule has 1 aliphatic heterocycles. The largest absolute Gasteiger partial charge is 0.370 e. The van der Waals surface area contributed by atoms with E-state index in [1.54, 1.807) is 0 Å². The third-order valence-corrected chi connectivity index (χ3v) is 3.93. The van der Waals surface area contributed by atoms with E-state index in [4.69, 9.17) is 4.74 Å². The van der Waals surface area contributed by atoms with E-state index >= 15 is 0 Å². The van der Waals surface area contributed by atoms with E-state index in [9.17, 15) is 0 Å². The number of H-pyrrole nitrogens is 1. The van der Waals surface area contributed by atoms with E-state index in [-0.39, 0.29) is 0 Å². The molecule has 1 saturated heterocycles. The molecule has 4 rings (SSSR count). The van der Waals surface area contributed by atoms with Crippen LogP contribution in [-0.4, -0.2) is 29.2 Å². The number of hydrogen-bond acceptors (Lipinski definition) is 3. The van der Waals surface area contributed by atoms with Gasteiger partial charge in [0.2, 0.25) is 0 Å². The maximum absolute atomic E-state index is 5.92. The zero-order valence-electron chi connectivity index (χ0n) is 11.7. The first-order chi connectivity index (χ1) is 10.4. The van der Waals surface area contributed by atoms with Crippen LogP contribution in [0.1, 0.15) is 5.56 Å². The third-order valence-electron chi connectivity index (χ3n) is 3.93. The summed E-state index contributed by atoms with van der Waals surface area (Å²) in [5.41, 5.74) is 3.34. The SMILES string of the molecule is c1ccc(COC2CN(c3cnc4[nH]ccc4c3)C2)cc1. The Morgan fingerprint density at radius 3 is 2.90 bits per heavy atom. The minimum Gasteiger partial charge on any atom is -0.370 e. The summed E-state index contributed by atoms with van der Waals surface area (Å²) in [6.45, 7) is 2.56. The first kappa shape index (κ1) is 12.4. The fourth-order valence-corrected chi connectivity index (χ4v) is 2.64. The molecule has 0 radical (unpaired) electrons. The molecule has 0 spiro atoms. The van der Waals surface area contributed by atoms with Crippen LogP contribution < -0.4 is 4.90 Å². The van der Waals surface area contributed by atoms with E-state index < -0.39 is 0 Å². The lowest BCUT2D eigenvalue weighted by atomic mass is 10.1. The lowest BCUT2D eigenvalue weighted by Gasteiger charge is -2.40. The minimum absolute atomic E-state index is 0.312. The fourth-order valence-electron chi connectivity index (χ4n) is 2.64. The van der Waals surface area contributed by atoms with Crippen LogP contribution in [0.4, 0.5) is 5.69 Å². The quantitative estimate of drug-likeness (QED) is 0.798. The average Bonchev–Trinajstić information content (AvgIpc) is 2.94. The highest BCUT2D eigenvalue weighted by Crippen LogP contribution is 2.25. The summed E-state index contributed by atoms with van der Waals surface area (Å²) in [4.78, 5) is 9.84. The van der Waals surface area contributed by atoms with Gasteiger partial charge in [-0.3, -0.25) is 0 Å². The Bertz CT molecular complexity index is 732. The maximum Gasteiger partial charge on any atom is 0.137 e. The van der Waals surface area contributed by atoms with Crippen molar-refractivity contribution in [1.29, 1.82) is 0 Å². The standard InChI is InChI=1S/C17H17N3O/c1-2-4-13(5-3-1)12-21-16-10-20(11-16)15-8-14-6-7-18-17(14)19-9-15/h1-9,16H,10-12H2,(H,18,19). The molecule has 4 nitrogen and oxygen atoms in total. The van der Waals surface area contributed by atoms with Crippen molar-refractivity contribution in [3.63, 3.8) is 0 Å². The van der Waals surface area contributed by atoms with E-state index in [0.717, 1.165) is 24.1 Å². The molecule has 1 aromatic carbocycles. The molecule has 0 bridgehead atoms. The average molecular weight is 279 g/mol. The maximum atomic E-state index is 5.92. The summed E-state index contributed by atoms with van der Waals surface area (Å²) in [5.74, 6) is 0. The molecule has 21 heavy (non-hydrogen) atoms. The van der Waals surface area contributed by atoms with Gasteiger partial charge in [0.1, 0.15) is 5.65 Å². The molecule has 1 aliphatic rings. The molecule has 106 valence electrons. The smallest absolute Gasteiger partial charge is 0.137 e. The van der Waals surface area contributed by atoms with Crippen molar-refractivity contribution in [1.82, 2.24) is 9.97 Å². The van der Waals surface area contributed by atoms with Crippen LogP contribution >= 0.6 is 0 Å². The number of benzene rings is 1. The number of nitrogens with zero attached hydrogens (tertiary/aromatic N) is 2. The third kappa shape index (κ3) is 2.50. The van der Waals surface area contributed by atoms with Crippen molar-refractivity contribution >= 4 is 16.7 Å². The predicted molar refractivity (Wildman–Crippen MR) is 83.3 cm³/mol. The van der Waals surface area contributed by atoms with Gasteiger partial charge >= 0.3 is 0 Å². The molecule has 1 fully saturated rings. The van der Waals surface area contributed by atoms with Crippen LogP contribution in [0, 0.1) is 0 Å². The highest BCUT2D eigenvalue weighted by atomic mass is 16.5. The number of fused-ring (bicyclic) bond motifs is 1. The number of ether oxygens (including phenoxy) is 1. The molecule has 0 amide bonds. The molecule has 2 aromatic heterocycles. The molecule has 1 N–H and O–H groups in total. The molecule has 0 aliphatic carbocycles. The second kappa shape index (κ2) is 5.22. The van der Waals surface area contributed by atoms with Crippen LogP contribution in [0.15, 0.2) is 54.9 Å². The summed E-state index contributed by atoms with van der Waals surface area (Å²) in [7, 11) is 0. The lowest BCUT2D eigenvalue weighted by Crippen LogP contribution is -2.52. The monoisotopic (exact) mass is 279 g/mol. The number of aromatic amines is 1. The van der Waals surface area contributed by atoms with Crippen molar-refractivity contribution in [2.24, 2.45) is 0 Å². The van der Waals surface area contributed by atoms with Gasteiger partial charge in [-0.1, -0.05) is 30.3 Å². The Labute approximate surface area is 123 Å². The molecular formula is C17H17N3O. The van der Waals surface area contributed by atoms with Crippen LogP contribution in [0.2, 0.25) is 0 Å². The molecule has 3 aromatic rings. The van der Waals surface area contributed by atoms with E-state index in [2.05, 4.69) is 39.1 Å². The molecule has 0 atom stereocenters. The summed E-state index contributed by atoms with van der Waals surface area (Å²) in [6.07, 6.45) is 4.15. The number of aromatic nitrogens is 2. The number of pyridine rings is 1. The molecule has 0 saturated carbocycles. The van der Waals surface area contributed by atoms with Crippen LogP contribution in [0.25, 0.3) is 11.0 Å². The van der Waals surface area contributed by atoms with Gasteiger partial charge in [0.15, 0.2) is 0 Å². The molecule has 4 heteroatoms. The Morgan fingerprint density at radius 1 is 1.19 bits per heavy atom. The van der Waals surface area contributed by atoms with Gasteiger partial charge in [-0.25, -0.2) is 4.98 Å². The van der Waals surface area contributed by atoms with Crippen LogP contribution in [0.3, 0.4) is 0 Å². The van der Waals surface area contributed by atoms with Gasteiger partial charge in [-0.2, -0.15) is 0 Å². The van der Waals surface area contributed by atoms with Gasteiger partial charge in [-0.05, 0) is 17.7 Å². The van der Waals surface area contributed by atoms with E-state index in [1.165, 1.54) is 11.3 Å². The first-order valence-corrected chi connectivity index (χ1v) is 7.22. The van der Waals surface area contributed by atoms with Gasteiger partial charge in [0, 0.05) is 24.7 Å². The number of rotatable bonds is 4. The first-order valence-electron chi connectivity index (χ1n) is 7.22. The zero-order valence-corrected chi connectivity index (χ0v) is 11.7.